The third kappa shape index (κ3) is 14.9. The zero-order chi connectivity index (χ0) is 27.0. The van der Waals surface area contributed by atoms with Crippen molar-refractivity contribution >= 4 is 29.7 Å². The lowest BCUT2D eigenvalue weighted by Crippen LogP contribution is -2.51. The highest BCUT2D eigenvalue weighted by atomic mass is 16.5. The minimum absolute atomic E-state index is 0.219. The average Bonchev–Trinajstić information content (AvgIpc) is 2.75. The summed E-state index contributed by atoms with van der Waals surface area (Å²) in [5.41, 5.74) is 0. The van der Waals surface area contributed by atoms with E-state index in [1.54, 1.807) is 0 Å². The molecule has 0 saturated heterocycles. The minimum Gasteiger partial charge on any atom is -0.480 e. The maximum absolute atomic E-state index is 12.4. The molecule has 3 atom stereocenters. The lowest BCUT2D eigenvalue weighted by molar-refractivity contribution is -0.156. The molecule has 0 aromatic carbocycles. The Bertz CT molecular complexity index is 686. The first-order valence-electron chi connectivity index (χ1n) is 11.1. The van der Waals surface area contributed by atoms with E-state index in [9.17, 15) is 39.3 Å². The first kappa shape index (κ1) is 32.2. The zero-order valence-corrected chi connectivity index (χ0v) is 20.0. The van der Waals surface area contributed by atoms with Crippen LogP contribution in [0.15, 0.2) is 0 Å². The first-order valence-corrected chi connectivity index (χ1v) is 11.1. The summed E-state index contributed by atoms with van der Waals surface area (Å²) in [5.74, 6) is -6.42. The Morgan fingerprint density at radius 2 is 1.31 bits per heavy atom. The molecule has 0 radical (unpaired) electrons. The van der Waals surface area contributed by atoms with Crippen molar-refractivity contribution in [3.05, 3.63) is 0 Å². The number of carbonyl (C=O) groups excluding carboxylic acids is 2. The van der Waals surface area contributed by atoms with Crippen LogP contribution in [0.3, 0.4) is 0 Å². The average molecular weight is 509 g/mol. The molecule has 0 aromatic heterocycles. The molecule has 202 valence electrons. The number of rotatable bonds is 20. The van der Waals surface area contributed by atoms with Gasteiger partial charge in [-0.1, -0.05) is 6.92 Å². The van der Waals surface area contributed by atoms with Crippen molar-refractivity contribution in [3.63, 3.8) is 0 Å². The van der Waals surface area contributed by atoms with E-state index in [1.807, 2.05) is 6.92 Å². The van der Waals surface area contributed by atoms with Crippen molar-refractivity contribution in [2.75, 3.05) is 46.1 Å². The summed E-state index contributed by atoms with van der Waals surface area (Å²) < 4.78 is 10.6. The molecule has 0 heterocycles. The van der Waals surface area contributed by atoms with E-state index < -0.39 is 74.0 Å². The Balaban J connectivity index is 4.80. The van der Waals surface area contributed by atoms with Crippen LogP contribution in [0.25, 0.3) is 0 Å². The van der Waals surface area contributed by atoms with Gasteiger partial charge in [0.2, 0.25) is 11.8 Å². The molecule has 3 unspecified atom stereocenters. The molecule has 0 aliphatic rings. The standard InChI is InChI=1S/C21H36N2O12/c1-3-15(25)12-34-6-4-5-7-35-13-16(26)9-23(14(2)24)17(21(32)33)8-18(27)22(10-19(28)29)11-20(30)31/h15-17,25-26H,3-13H2,1-2H3,(H,28,29)(H,30,31)(H,32,33). The van der Waals surface area contributed by atoms with Crippen molar-refractivity contribution in [2.24, 2.45) is 0 Å². The van der Waals surface area contributed by atoms with Crippen molar-refractivity contribution in [2.45, 2.75) is 57.8 Å². The fourth-order valence-corrected chi connectivity index (χ4v) is 2.90. The number of nitrogens with zero attached hydrogens (tertiary/aromatic N) is 2. The largest absolute Gasteiger partial charge is 0.480 e. The molecule has 14 nitrogen and oxygen atoms in total. The Labute approximate surface area is 203 Å². The molecule has 5 N–H and O–H groups in total. The number of hydrogen-bond donors (Lipinski definition) is 5. The first-order chi connectivity index (χ1) is 16.4. The predicted molar refractivity (Wildman–Crippen MR) is 118 cm³/mol. The van der Waals surface area contributed by atoms with Crippen molar-refractivity contribution in [1.82, 2.24) is 9.80 Å². The Morgan fingerprint density at radius 3 is 1.71 bits per heavy atom. The number of carboxylic acid groups (broad SMARTS) is 3. The van der Waals surface area contributed by atoms with Gasteiger partial charge >= 0.3 is 17.9 Å². The van der Waals surface area contributed by atoms with Crippen LogP contribution < -0.4 is 0 Å². The van der Waals surface area contributed by atoms with Gasteiger partial charge in [-0.3, -0.25) is 19.2 Å². The molecule has 0 saturated carbocycles. The summed E-state index contributed by atoms with van der Waals surface area (Å²) in [6.07, 6.45) is -0.818. The second-order valence-electron chi connectivity index (χ2n) is 7.84. The maximum Gasteiger partial charge on any atom is 0.326 e. The van der Waals surface area contributed by atoms with Crippen LogP contribution >= 0.6 is 0 Å². The quantitative estimate of drug-likeness (QED) is 0.120. The molecule has 14 heteroatoms. The summed E-state index contributed by atoms with van der Waals surface area (Å²) in [7, 11) is 0. The predicted octanol–water partition coefficient (Wildman–Crippen LogP) is -1.38. The number of aliphatic hydroxyl groups is 2. The summed E-state index contributed by atoms with van der Waals surface area (Å²) in [4.78, 5) is 59.2. The van der Waals surface area contributed by atoms with Gasteiger partial charge in [0, 0.05) is 26.7 Å². The number of unbranched alkanes of at least 4 members (excludes halogenated alkanes) is 1. The second-order valence-corrected chi connectivity index (χ2v) is 7.84. The normalized spacial score (nSPS) is 13.5. The van der Waals surface area contributed by atoms with E-state index in [-0.39, 0.29) is 19.8 Å². The molecular formula is C21H36N2O12. The van der Waals surface area contributed by atoms with Gasteiger partial charge in [0.05, 0.1) is 31.8 Å². The molecule has 0 aliphatic heterocycles. The van der Waals surface area contributed by atoms with Crippen LogP contribution in [0, 0.1) is 0 Å². The van der Waals surface area contributed by atoms with Gasteiger partial charge in [0.1, 0.15) is 19.1 Å². The van der Waals surface area contributed by atoms with Crippen LogP contribution in [-0.2, 0) is 33.4 Å². The van der Waals surface area contributed by atoms with Gasteiger partial charge in [-0.25, -0.2) is 4.79 Å². The molecule has 35 heavy (non-hydrogen) atoms. The smallest absolute Gasteiger partial charge is 0.326 e. The van der Waals surface area contributed by atoms with Gasteiger partial charge in [0.15, 0.2) is 0 Å². The second kappa shape index (κ2) is 17.6. The van der Waals surface area contributed by atoms with Gasteiger partial charge in [-0.05, 0) is 19.3 Å². The zero-order valence-electron chi connectivity index (χ0n) is 20.0. The molecule has 0 spiro atoms. The Kier molecular flexibility index (Phi) is 16.2. The van der Waals surface area contributed by atoms with Crippen molar-refractivity contribution in [3.8, 4) is 0 Å². The molecule has 2 amide bonds. The minimum atomic E-state index is -1.75. The van der Waals surface area contributed by atoms with Crippen molar-refractivity contribution in [1.29, 1.82) is 0 Å². The number of carboxylic acids is 3. The van der Waals surface area contributed by atoms with E-state index in [1.165, 1.54) is 0 Å². The number of hydrogen-bond acceptors (Lipinski definition) is 9. The molecule has 0 aromatic rings. The van der Waals surface area contributed by atoms with Crippen LogP contribution in [0.5, 0.6) is 0 Å². The molecular weight excluding hydrogens is 472 g/mol. The lowest BCUT2D eigenvalue weighted by atomic mass is 10.1. The number of aliphatic hydroxyl groups excluding tert-OH is 2. The van der Waals surface area contributed by atoms with E-state index in [4.69, 9.17) is 19.7 Å². The van der Waals surface area contributed by atoms with Gasteiger partial charge in [-0.15, -0.1) is 0 Å². The number of aliphatic carboxylic acids is 3. The Hall–Kier alpha value is -2.81. The summed E-state index contributed by atoms with van der Waals surface area (Å²) >= 11 is 0. The number of carbonyl (C=O) groups is 5. The van der Waals surface area contributed by atoms with Gasteiger partial charge < -0.3 is 44.8 Å². The van der Waals surface area contributed by atoms with Crippen LogP contribution in [0.2, 0.25) is 0 Å². The lowest BCUT2D eigenvalue weighted by Gasteiger charge is -2.30. The summed E-state index contributed by atoms with van der Waals surface area (Å²) in [6.45, 7) is 1.19. The van der Waals surface area contributed by atoms with Crippen LogP contribution in [0.4, 0.5) is 0 Å². The molecule has 0 aliphatic carbocycles. The van der Waals surface area contributed by atoms with E-state index in [0.29, 0.717) is 30.8 Å². The third-order valence-corrected chi connectivity index (χ3v) is 4.77. The van der Waals surface area contributed by atoms with Gasteiger partial charge in [-0.2, -0.15) is 0 Å². The molecule has 0 fully saturated rings. The third-order valence-electron chi connectivity index (χ3n) is 4.77. The SMILES string of the molecule is CCC(O)COCCCCOCC(O)CN(C(C)=O)C(CC(=O)N(CC(=O)O)CC(=O)O)C(=O)O. The highest BCUT2D eigenvalue weighted by Gasteiger charge is 2.33. The Morgan fingerprint density at radius 1 is 0.829 bits per heavy atom. The highest BCUT2D eigenvalue weighted by molar-refractivity contribution is 5.90. The fourth-order valence-electron chi connectivity index (χ4n) is 2.90. The number of amides is 2. The molecule has 0 rings (SSSR count). The highest BCUT2D eigenvalue weighted by Crippen LogP contribution is 2.11. The monoisotopic (exact) mass is 508 g/mol. The van der Waals surface area contributed by atoms with Crippen LogP contribution in [0.1, 0.15) is 39.5 Å². The van der Waals surface area contributed by atoms with E-state index in [2.05, 4.69) is 0 Å². The van der Waals surface area contributed by atoms with Crippen LogP contribution in [-0.4, -0.2) is 129 Å². The van der Waals surface area contributed by atoms with Gasteiger partial charge in [0.25, 0.3) is 0 Å². The van der Waals surface area contributed by atoms with E-state index in [0.717, 1.165) is 11.8 Å². The summed E-state index contributed by atoms with van der Waals surface area (Å²) in [6, 6.07) is -1.75. The van der Waals surface area contributed by atoms with E-state index >= 15 is 0 Å². The fraction of sp³-hybridized carbons (Fsp3) is 0.762. The van der Waals surface area contributed by atoms with Crippen molar-refractivity contribution < 1.29 is 59.0 Å². The summed E-state index contributed by atoms with van der Waals surface area (Å²) in [5, 5.41) is 46.8. The molecule has 0 bridgehead atoms. The number of ether oxygens (including phenoxy) is 2. The topological polar surface area (TPSA) is 211 Å². The maximum atomic E-state index is 12.4.